The Kier molecular flexibility index (Phi) is 19.4. The van der Waals surface area contributed by atoms with Gasteiger partial charge in [0.1, 0.15) is 0 Å². The van der Waals surface area contributed by atoms with Crippen LogP contribution in [0.3, 0.4) is 0 Å². The summed E-state index contributed by atoms with van der Waals surface area (Å²) < 4.78 is 16.6. The molecule has 0 saturated carbocycles. The Morgan fingerprint density at radius 2 is 1.64 bits per heavy atom. The van der Waals surface area contributed by atoms with Crippen LogP contribution >= 0.6 is 9.24 Å². The lowest BCUT2D eigenvalue weighted by Crippen LogP contribution is -2.47. The molecule has 2 aromatic carbocycles. The third-order valence-corrected chi connectivity index (χ3v) is 9.36. The van der Waals surface area contributed by atoms with Crippen LogP contribution in [0.15, 0.2) is 47.5 Å². The minimum atomic E-state index is -0.0783. The number of ether oxygens (including phenoxy) is 3. The van der Waals surface area contributed by atoms with E-state index in [1.807, 2.05) is 43.4 Å². The number of nitrogens with one attached hydrogen (secondary N) is 1. The summed E-state index contributed by atoms with van der Waals surface area (Å²) in [6, 6.07) is 14.5. The van der Waals surface area contributed by atoms with E-state index in [9.17, 15) is 4.79 Å². The second-order valence-corrected chi connectivity index (χ2v) is 13.5. The average molecular weight is 709 g/mol. The molecule has 10 nitrogen and oxygen atoms in total. The maximum absolute atomic E-state index is 13.4. The first-order valence-electron chi connectivity index (χ1n) is 18.2. The molecule has 0 radical (unpaired) electrons. The number of aliphatic imine (C=N–C) groups is 1. The summed E-state index contributed by atoms with van der Waals surface area (Å²) in [7, 11) is 4.55. The quantitative estimate of drug-likeness (QED) is 0.0708. The number of benzene rings is 2. The monoisotopic (exact) mass is 708 g/mol. The molecule has 0 aliphatic carbocycles. The van der Waals surface area contributed by atoms with Crippen molar-refractivity contribution in [1.82, 2.24) is 15.1 Å². The van der Waals surface area contributed by atoms with Crippen molar-refractivity contribution in [3.8, 4) is 11.8 Å². The molecular formula is C39H61N6O4P. The van der Waals surface area contributed by atoms with E-state index in [1.165, 1.54) is 0 Å². The first-order valence-corrected chi connectivity index (χ1v) is 18.8. The van der Waals surface area contributed by atoms with E-state index >= 15 is 0 Å². The van der Waals surface area contributed by atoms with Crippen LogP contribution in [0.5, 0.6) is 0 Å². The van der Waals surface area contributed by atoms with Crippen molar-refractivity contribution in [1.29, 1.82) is 0 Å². The highest BCUT2D eigenvalue weighted by molar-refractivity contribution is 7.27. The molecule has 1 aliphatic rings. The van der Waals surface area contributed by atoms with E-state index in [0.717, 1.165) is 80.1 Å². The Hall–Kier alpha value is -3.03. The summed E-state index contributed by atoms with van der Waals surface area (Å²) in [5.74, 6) is 8.21. The Morgan fingerprint density at radius 1 is 0.980 bits per heavy atom. The van der Waals surface area contributed by atoms with Crippen LogP contribution < -0.4 is 21.3 Å². The Labute approximate surface area is 303 Å². The second-order valence-electron chi connectivity index (χ2n) is 12.9. The molecular weight excluding hydrogens is 647 g/mol. The summed E-state index contributed by atoms with van der Waals surface area (Å²) in [4.78, 5) is 25.0. The number of amidine groups is 1. The van der Waals surface area contributed by atoms with Gasteiger partial charge in [-0.3, -0.25) is 14.7 Å². The number of amides is 1. The van der Waals surface area contributed by atoms with E-state index in [1.54, 1.807) is 0 Å². The first kappa shape index (κ1) is 41.4. The van der Waals surface area contributed by atoms with Crippen molar-refractivity contribution >= 4 is 32.0 Å². The molecule has 2 unspecified atom stereocenters. The summed E-state index contributed by atoms with van der Waals surface area (Å²) in [5.41, 5.74) is 8.90. The number of nitrogens with two attached hydrogens (primary N) is 1. The van der Waals surface area contributed by atoms with E-state index in [2.05, 4.69) is 79.9 Å². The highest BCUT2D eigenvalue weighted by Gasteiger charge is 2.22. The molecule has 1 fully saturated rings. The molecule has 11 heteroatoms. The van der Waals surface area contributed by atoms with Crippen molar-refractivity contribution in [3.05, 3.63) is 59.2 Å². The molecule has 0 spiro atoms. The van der Waals surface area contributed by atoms with Gasteiger partial charge in [-0.25, -0.2) is 0 Å². The normalized spacial score (nSPS) is 14.4. The number of anilines is 1. The average Bonchev–Trinajstić information content (AvgIpc) is 3.13. The minimum absolute atomic E-state index is 0.0783. The predicted octanol–water partition coefficient (Wildman–Crippen LogP) is 3.62. The van der Waals surface area contributed by atoms with Crippen molar-refractivity contribution in [3.63, 3.8) is 0 Å². The van der Waals surface area contributed by atoms with Crippen molar-refractivity contribution in [2.75, 3.05) is 104 Å². The van der Waals surface area contributed by atoms with Crippen LogP contribution in [0.4, 0.5) is 5.69 Å². The minimum Gasteiger partial charge on any atom is -0.378 e. The zero-order valence-corrected chi connectivity index (χ0v) is 32.2. The lowest BCUT2D eigenvalue weighted by atomic mass is 9.99. The van der Waals surface area contributed by atoms with Gasteiger partial charge in [0.2, 0.25) is 0 Å². The Morgan fingerprint density at radius 3 is 2.26 bits per heavy atom. The molecule has 3 rings (SSSR count). The molecule has 3 N–H and O–H groups in total. The van der Waals surface area contributed by atoms with E-state index in [4.69, 9.17) is 19.9 Å². The number of hydrogen-bond donors (Lipinski definition) is 2. The van der Waals surface area contributed by atoms with Crippen molar-refractivity contribution in [2.45, 2.75) is 46.6 Å². The second kappa shape index (κ2) is 23.4. The molecule has 276 valence electrons. The topological polar surface area (TPSA) is 105 Å². The molecule has 2 aromatic rings. The third-order valence-electron chi connectivity index (χ3n) is 8.97. The number of carbonyl (C=O) groups excluding carboxylic acids is 1. The summed E-state index contributed by atoms with van der Waals surface area (Å²) in [6.07, 6.45) is 1.90. The molecule has 0 bridgehead atoms. The van der Waals surface area contributed by atoms with Gasteiger partial charge in [-0.15, -0.1) is 9.24 Å². The zero-order valence-electron chi connectivity index (χ0n) is 31.1. The highest BCUT2D eigenvalue weighted by Crippen LogP contribution is 2.24. The molecule has 2 atom stereocenters. The maximum Gasteiger partial charge on any atom is 0.251 e. The SMILES string of the molecule is CCC(C(C)C)N(CCCNC(=O)c1ccc(N2CCN(CCOCCOCCOCCN)CC2)c(C#Cc2ccc(P)cc2)c1)C(C)=NC. The Balaban J connectivity index is 1.58. The maximum atomic E-state index is 13.4. The van der Waals surface area contributed by atoms with Crippen molar-refractivity contribution < 1.29 is 19.0 Å². The zero-order chi connectivity index (χ0) is 36.1. The smallest absolute Gasteiger partial charge is 0.251 e. The lowest BCUT2D eigenvalue weighted by molar-refractivity contribution is 0.0116. The fourth-order valence-electron chi connectivity index (χ4n) is 6.09. The largest absolute Gasteiger partial charge is 0.378 e. The molecule has 50 heavy (non-hydrogen) atoms. The summed E-state index contributed by atoms with van der Waals surface area (Å²) in [5, 5.41) is 4.27. The Bertz CT molecular complexity index is 1370. The van der Waals surface area contributed by atoms with Crippen LogP contribution in [0.25, 0.3) is 0 Å². The van der Waals surface area contributed by atoms with E-state index in [0.29, 0.717) is 70.3 Å². The molecule has 0 aromatic heterocycles. The standard InChI is InChI=1S/C39H61N6O4P/c1-6-37(31(2)3)45(32(4)41-5)18-7-17-42-39(46)35-12-15-38(34(30-35)11-8-33-9-13-36(50)14-10-33)44-21-19-43(20-22-44)23-25-48-27-29-49-28-26-47-24-16-40/h9-10,12-15,30-31,37H,6-7,16-29,40,50H2,1-5H3,(H,42,46). The first-order chi connectivity index (χ1) is 24.3. The fraction of sp³-hybridized carbons (Fsp3) is 0.590. The van der Waals surface area contributed by atoms with Crippen LogP contribution in [0.2, 0.25) is 0 Å². The lowest BCUT2D eigenvalue weighted by Gasteiger charge is -2.36. The van der Waals surface area contributed by atoms with Gasteiger partial charge in [0.25, 0.3) is 5.91 Å². The van der Waals surface area contributed by atoms with Crippen LogP contribution in [0.1, 0.15) is 62.0 Å². The fourth-order valence-corrected chi connectivity index (χ4v) is 6.28. The number of hydrogen-bond acceptors (Lipinski definition) is 8. The van der Waals surface area contributed by atoms with Gasteiger partial charge in [-0.1, -0.05) is 44.7 Å². The van der Waals surface area contributed by atoms with Crippen LogP contribution in [-0.4, -0.2) is 127 Å². The van der Waals surface area contributed by atoms with Gasteiger partial charge >= 0.3 is 0 Å². The number of rotatable bonds is 20. The molecule has 1 saturated heterocycles. The molecule has 1 aliphatic heterocycles. The van der Waals surface area contributed by atoms with Crippen LogP contribution in [0, 0.1) is 17.8 Å². The van der Waals surface area contributed by atoms with E-state index < -0.39 is 0 Å². The van der Waals surface area contributed by atoms with Gasteiger partial charge < -0.3 is 35.1 Å². The summed E-state index contributed by atoms with van der Waals surface area (Å²) >= 11 is 0. The molecule has 1 heterocycles. The highest BCUT2D eigenvalue weighted by atomic mass is 31.0. The summed E-state index contributed by atoms with van der Waals surface area (Å²) in [6.45, 7) is 18.7. The predicted molar refractivity (Wildman–Crippen MR) is 210 cm³/mol. The third kappa shape index (κ3) is 14.3. The molecule has 1 amide bonds. The van der Waals surface area contributed by atoms with Crippen LogP contribution in [-0.2, 0) is 14.2 Å². The van der Waals surface area contributed by atoms with Gasteiger partial charge in [0.15, 0.2) is 0 Å². The van der Waals surface area contributed by atoms with Gasteiger partial charge in [-0.05, 0) is 61.3 Å². The van der Waals surface area contributed by atoms with Gasteiger partial charge in [0, 0.05) is 82.1 Å². The number of nitrogens with zero attached hydrogens (tertiary/aromatic N) is 4. The van der Waals surface area contributed by atoms with Gasteiger partial charge in [0.05, 0.1) is 51.2 Å². The van der Waals surface area contributed by atoms with Gasteiger partial charge in [-0.2, -0.15) is 0 Å². The number of carbonyl (C=O) groups is 1. The van der Waals surface area contributed by atoms with Crippen molar-refractivity contribution in [2.24, 2.45) is 16.6 Å². The van der Waals surface area contributed by atoms with E-state index in [-0.39, 0.29) is 5.91 Å². The number of piperazine rings is 1.